The van der Waals surface area contributed by atoms with Crippen molar-refractivity contribution >= 4 is 16.5 Å². The van der Waals surface area contributed by atoms with E-state index in [9.17, 15) is 13.2 Å². The minimum absolute atomic E-state index is 0.0781. The Bertz CT molecular complexity index is 38.5. The van der Waals surface area contributed by atoms with Gasteiger partial charge in [0.05, 0.1) is 0 Å². The Morgan fingerprint density at radius 3 is 1.50 bits per heavy atom. The van der Waals surface area contributed by atoms with Crippen molar-refractivity contribution in [2.24, 2.45) is 0 Å². The molecule has 0 aliphatic carbocycles. The zero-order chi connectivity index (χ0) is 5.21. The van der Waals surface area contributed by atoms with Crippen LogP contribution in [0.4, 0.5) is 13.2 Å². The summed E-state index contributed by atoms with van der Waals surface area (Å²) in [4.78, 5) is 0. The van der Waals surface area contributed by atoms with Crippen LogP contribution < -0.4 is 0 Å². The van der Waals surface area contributed by atoms with Crippen molar-refractivity contribution in [1.82, 2.24) is 0 Å². The second kappa shape index (κ2) is 1.86. The van der Waals surface area contributed by atoms with E-state index in [0.29, 0.717) is 0 Å². The fourth-order valence-electron chi connectivity index (χ4n) is 0. The van der Waals surface area contributed by atoms with Crippen molar-refractivity contribution in [3.8, 4) is 0 Å². The van der Waals surface area contributed by atoms with Gasteiger partial charge in [0.2, 0.25) is 0 Å². The molecule has 0 radical (unpaired) electrons. The van der Waals surface area contributed by atoms with E-state index in [0.717, 1.165) is 0 Å². The second-order valence-electron chi connectivity index (χ2n) is 0.969. The Labute approximate surface area is 41.9 Å². The van der Waals surface area contributed by atoms with Gasteiger partial charge in [-0.1, -0.05) is 0 Å². The summed E-state index contributed by atoms with van der Waals surface area (Å²) in [5, 5.41) is -0.542. The van der Waals surface area contributed by atoms with Gasteiger partial charge in [-0.2, -0.15) is 0 Å². The van der Waals surface area contributed by atoms with Crippen LogP contribution in [0.5, 0.6) is 0 Å². The first-order valence-electron chi connectivity index (χ1n) is 1.63. The summed E-state index contributed by atoms with van der Waals surface area (Å²) in [5.41, 5.74) is 0. The van der Waals surface area contributed by atoms with Crippen LogP contribution in [-0.4, -0.2) is 22.7 Å². The molecule has 4 heteroatoms. The Balaban J connectivity index is 3.17. The Kier molecular flexibility index (Phi) is 1.97. The molecule has 0 bridgehead atoms. The molecule has 0 fully saturated rings. The van der Waals surface area contributed by atoms with Gasteiger partial charge in [-0.15, -0.1) is 0 Å². The van der Waals surface area contributed by atoms with E-state index < -0.39 is 11.4 Å². The fourth-order valence-corrected chi connectivity index (χ4v) is 0. The van der Waals surface area contributed by atoms with Gasteiger partial charge >= 0.3 is 41.1 Å². The molecule has 0 aliphatic heterocycles. The van der Waals surface area contributed by atoms with Crippen molar-refractivity contribution in [3.05, 3.63) is 0 Å². The molecule has 0 spiro atoms. The number of rotatable bonds is 0. The van der Waals surface area contributed by atoms with Gasteiger partial charge in [0.25, 0.3) is 0 Å². The van der Waals surface area contributed by atoms with E-state index in [4.69, 9.17) is 0 Å². The maximum absolute atomic E-state index is 10.8. The monoisotopic (exact) mass is 160 g/mol. The van der Waals surface area contributed by atoms with Crippen LogP contribution in [0.2, 0.25) is 5.25 Å². The summed E-state index contributed by atoms with van der Waals surface area (Å²) >= 11 is -0.0781. The van der Waals surface area contributed by atoms with Gasteiger partial charge in [-0.3, -0.25) is 0 Å². The predicted molar refractivity (Wildman–Crippen MR) is 20.8 cm³/mol. The van der Waals surface area contributed by atoms with Gasteiger partial charge in [0.15, 0.2) is 0 Å². The van der Waals surface area contributed by atoms with Gasteiger partial charge in [-0.05, 0) is 0 Å². The van der Waals surface area contributed by atoms with Crippen LogP contribution in [0.15, 0.2) is 0 Å². The van der Waals surface area contributed by atoms with E-state index in [1.54, 1.807) is 0 Å². The fraction of sp³-hybridized carbons (Fsp3) is 1.00. The van der Waals surface area contributed by atoms with E-state index in [1.807, 2.05) is 0 Å². The van der Waals surface area contributed by atoms with Gasteiger partial charge in [0, 0.05) is 0 Å². The van der Waals surface area contributed by atoms with Gasteiger partial charge in [-0.25, -0.2) is 0 Å². The van der Waals surface area contributed by atoms with Crippen LogP contribution in [0.1, 0.15) is 0 Å². The Hall–Kier alpha value is 0.333. The zero-order valence-electron chi connectivity index (χ0n) is 3.34. The minimum atomic E-state index is -3.88. The molecule has 0 saturated heterocycles. The zero-order valence-corrected chi connectivity index (χ0v) is 7.54. The summed E-state index contributed by atoms with van der Waals surface area (Å²) in [6, 6.07) is 0. The average Bonchev–Trinajstić information content (AvgIpc) is 1.35. The van der Waals surface area contributed by atoms with E-state index in [-0.39, 0.29) is 16.5 Å². The molecule has 0 aromatic rings. The molecule has 0 atom stereocenters. The van der Waals surface area contributed by atoms with Crippen molar-refractivity contribution in [2.75, 3.05) is 0 Å². The molecule has 0 saturated carbocycles. The summed E-state index contributed by atoms with van der Waals surface area (Å²) in [6.45, 7) is 0. The molecule has 0 amide bonds. The molecule has 0 unspecified atom stereocenters. The number of alkyl halides is 3. The maximum atomic E-state index is 10.8. The van der Waals surface area contributed by atoms with Crippen molar-refractivity contribution in [1.29, 1.82) is 0 Å². The first-order valence-corrected chi connectivity index (χ1v) is 4.59. The normalized spacial score (nSPS) is 12.5. The van der Waals surface area contributed by atoms with Crippen LogP contribution in [-0.2, 0) is 0 Å². The molecule has 0 heterocycles. The summed E-state index contributed by atoms with van der Waals surface area (Å²) < 4.78 is 32.5. The molecular formula is C2H5F3Ge. The van der Waals surface area contributed by atoms with Crippen LogP contribution in [0.3, 0.4) is 0 Å². The van der Waals surface area contributed by atoms with Gasteiger partial charge in [0.1, 0.15) is 0 Å². The van der Waals surface area contributed by atoms with Crippen molar-refractivity contribution in [3.63, 3.8) is 0 Å². The van der Waals surface area contributed by atoms with E-state index in [2.05, 4.69) is 0 Å². The average molecular weight is 159 g/mol. The summed E-state index contributed by atoms with van der Waals surface area (Å²) in [5.74, 6) is 0. The van der Waals surface area contributed by atoms with Crippen LogP contribution in [0, 0.1) is 0 Å². The van der Waals surface area contributed by atoms with E-state index >= 15 is 0 Å². The molecule has 0 aliphatic rings. The van der Waals surface area contributed by atoms with E-state index in [1.165, 1.54) is 0 Å². The Morgan fingerprint density at radius 2 is 1.50 bits per heavy atom. The third-order valence-corrected chi connectivity index (χ3v) is 2.08. The van der Waals surface area contributed by atoms with Crippen molar-refractivity contribution in [2.45, 2.75) is 11.4 Å². The quantitative estimate of drug-likeness (QED) is 0.446. The molecule has 38 valence electrons. The number of hydrogen-bond acceptors (Lipinski definition) is 0. The number of hydrogen-bond donors (Lipinski definition) is 0. The molecule has 0 aromatic carbocycles. The van der Waals surface area contributed by atoms with Gasteiger partial charge < -0.3 is 0 Å². The third-order valence-electron chi connectivity index (χ3n) is 0.401. The van der Waals surface area contributed by atoms with Crippen LogP contribution >= 0.6 is 0 Å². The first kappa shape index (κ1) is 6.33. The summed E-state index contributed by atoms with van der Waals surface area (Å²) in [7, 11) is 0. The second-order valence-corrected chi connectivity index (χ2v) is 2.45. The Morgan fingerprint density at radius 1 is 1.33 bits per heavy atom. The molecule has 0 aromatic heterocycles. The van der Waals surface area contributed by atoms with Crippen molar-refractivity contribution < 1.29 is 13.2 Å². The molecule has 0 N–H and O–H groups in total. The summed E-state index contributed by atoms with van der Waals surface area (Å²) in [6.07, 6.45) is -3.88. The SMILES string of the molecule is FC(F)(F)[CH2][GeH3]. The van der Waals surface area contributed by atoms with Crippen LogP contribution in [0.25, 0.3) is 0 Å². The third kappa shape index (κ3) is 4.33. The molecule has 0 rings (SSSR count). The topological polar surface area (TPSA) is 0 Å². The molecular weight excluding hydrogens is 154 g/mol. The molecule has 6 heavy (non-hydrogen) atoms. The number of halogens is 3. The molecule has 0 nitrogen and oxygen atoms in total. The standard InChI is InChI=1S/C2H5F3Ge/c3-2(4,5)1-6/h1H2,6H3. The first-order chi connectivity index (χ1) is 2.56. The predicted octanol–water partition coefficient (Wildman–Crippen LogP) is 0.332.